The number of alkyl halides is 3. The van der Waals surface area contributed by atoms with Crippen molar-refractivity contribution in [3.05, 3.63) is 24.3 Å². The fourth-order valence-corrected chi connectivity index (χ4v) is 2.62. The zero-order valence-electron chi connectivity index (χ0n) is 10.4. The first-order chi connectivity index (χ1) is 9.42. The highest BCUT2D eigenvalue weighted by molar-refractivity contribution is 5.95. The summed E-state index contributed by atoms with van der Waals surface area (Å²) in [5.41, 5.74) is 0.294. The van der Waals surface area contributed by atoms with Gasteiger partial charge in [0.1, 0.15) is 5.75 Å². The van der Waals surface area contributed by atoms with Gasteiger partial charge < -0.3 is 15.4 Å². The summed E-state index contributed by atoms with van der Waals surface area (Å²) in [5.74, 6) is 0.383. The van der Waals surface area contributed by atoms with E-state index in [9.17, 15) is 18.0 Å². The Bertz CT molecular complexity index is 533. The van der Waals surface area contributed by atoms with E-state index in [1.54, 1.807) is 0 Å². The van der Waals surface area contributed by atoms with E-state index in [1.165, 1.54) is 18.2 Å². The lowest BCUT2D eigenvalue weighted by molar-refractivity contribution is -0.274. The van der Waals surface area contributed by atoms with Crippen LogP contribution in [0.2, 0.25) is 0 Å². The molecule has 2 fully saturated rings. The summed E-state index contributed by atoms with van der Waals surface area (Å²) in [6, 6.07) is 5.03. The first-order valence-electron chi connectivity index (χ1n) is 6.32. The van der Waals surface area contributed by atoms with E-state index in [-0.39, 0.29) is 17.7 Å². The topological polar surface area (TPSA) is 50.4 Å². The zero-order chi connectivity index (χ0) is 14.3. The molecule has 1 saturated heterocycles. The molecular weight excluding hydrogens is 273 g/mol. The lowest BCUT2D eigenvalue weighted by Crippen LogP contribution is -2.38. The SMILES string of the molecule is O=C(Nc1cccc(OC(F)(F)F)c1)C1NCC2CC21. The average Bonchev–Trinajstić information content (AvgIpc) is 2.98. The van der Waals surface area contributed by atoms with Crippen molar-refractivity contribution < 1.29 is 22.7 Å². The molecule has 0 aromatic heterocycles. The van der Waals surface area contributed by atoms with Crippen molar-refractivity contribution >= 4 is 11.6 Å². The van der Waals surface area contributed by atoms with Crippen molar-refractivity contribution in [2.45, 2.75) is 18.8 Å². The van der Waals surface area contributed by atoms with Gasteiger partial charge in [-0.25, -0.2) is 0 Å². The van der Waals surface area contributed by atoms with Crippen molar-refractivity contribution in [3.63, 3.8) is 0 Å². The summed E-state index contributed by atoms with van der Waals surface area (Å²) in [6.07, 6.45) is -3.70. The molecule has 3 unspecified atom stereocenters. The van der Waals surface area contributed by atoms with Gasteiger partial charge >= 0.3 is 6.36 Å². The number of benzene rings is 1. The number of rotatable bonds is 3. The van der Waals surface area contributed by atoms with Gasteiger partial charge in [0, 0.05) is 11.8 Å². The molecule has 1 aromatic carbocycles. The largest absolute Gasteiger partial charge is 0.573 e. The normalized spacial score (nSPS) is 27.9. The number of amides is 1. The number of hydrogen-bond donors (Lipinski definition) is 2. The second-order valence-electron chi connectivity index (χ2n) is 5.11. The fourth-order valence-electron chi connectivity index (χ4n) is 2.62. The Kier molecular flexibility index (Phi) is 3.08. The molecule has 0 spiro atoms. The Balaban J connectivity index is 1.65. The average molecular weight is 286 g/mol. The number of nitrogens with one attached hydrogen (secondary N) is 2. The van der Waals surface area contributed by atoms with Crippen LogP contribution in [0.1, 0.15) is 6.42 Å². The van der Waals surface area contributed by atoms with Crippen LogP contribution in [0.5, 0.6) is 5.75 Å². The number of halogens is 3. The maximum atomic E-state index is 12.1. The minimum absolute atomic E-state index is 0.209. The third-order valence-electron chi connectivity index (χ3n) is 3.62. The van der Waals surface area contributed by atoms with E-state index in [4.69, 9.17) is 0 Å². The fraction of sp³-hybridized carbons (Fsp3) is 0.462. The molecule has 108 valence electrons. The lowest BCUT2D eigenvalue weighted by Gasteiger charge is -2.14. The smallest absolute Gasteiger partial charge is 0.406 e. The quantitative estimate of drug-likeness (QED) is 0.895. The molecule has 1 amide bonds. The van der Waals surface area contributed by atoms with Crippen molar-refractivity contribution in [1.29, 1.82) is 0 Å². The monoisotopic (exact) mass is 286 g/mol. The molecule has 3 rings (SSSR count). The van der Waals surface area contributed by atoms with Gasteiger partial charge in [-0.05, 0) is 36.9 Å². The second kappa shape index (κ2) is 4.66. The number of piperidine rings is 1. The molecule has 3 atom stereocenters. The molecule has 4 nitrogen and oxygen atoms in total. The van der Waals surface area contributed by atoms with Crippen LogP contribution in [-0.2, 0) is 4.79 Å². The lowest BCUT2D eigenvalue weighted by atomic mass is 10.2. The van der Waals surface area contributed by atoms with Crippen LogP contribution in [0.25, 0.3) is 0 Å². The number of anilines is 1. The zero-order valence-corrected chi connectivity index (χ0v) is 10.4. The van der Waals surface area contributed by atoms with E-state index >= 15 is 0 Å². The van der Waals surface area contributed by atoms with Crippen LogP contribution in [0.15, 0.2) is 24.3 Å². The van der Waals surface area contributed by atoms with Gasteiger partial charge in [-0.2, -0.15) is 0 Å². The maximum absolute atomic E-state index is 12.1. The Labute approximate surface area is 113 Å². The molecule has 0 bridgehead atoms. The molecule has 1 aliphatic heterocycles. The molecule has 0 radical (unpaired) electrons. The Morgan fingerprint density at radius 1 is 1.40 bits per heavy atom. The molecular formula is C13H13F3N2O2. The van der Waals surface area contributed by atoms with Crippen molar-refractivity contribution in [2.24, 2.45) is 11.8 Å². The van der Waals surface area contributed by atoms with Crippen LogP contribution >= 0.6 is 0 Å². The van der Waals surface area contributed by atoms with Crippen LogP contribution < -0.4 is 15.4 Å². The minimum Gasteiger partial charge on any atom is -0.406 e. The summed E-state index contributed by atoms with van der Waals surface area (Å²) in [4.78, 5) is 12.0. The van der Waals surface area contributed by atoms with E-state index in [2.05, 4.69) is 15.4 Å². The van der Waals surface area contributed by atoms with Gasteiger partial charge in [-0.1, -0.05) is 6.07 Å². The highest BCUT2D eigenvalue weighted by atomic mass is 19.4. The summed E-state index contributed by atoms with van der Waals surface area (Å²) in [6.45, 7) is 0.833. The predicted octanol–water partition coefficient (Wildman–Crippen LogP) is 2.13. The number of hydrogen-bond acceptors (Lipinski definition) is 3. The van der Waals surface area contributed by atoms with Crippen molar-refractivity contribution in [3.8, 4) is 5.75 Å². The van der Waals surface area contributed by atoms with Gasteiger partial charge in [0.15, 0.2) is 0 Å². The van der Waals surface area contributed by atoms with Crippen LogP contribution in [-0.4, -0.2) is 24.9 Å². The first-order valence-corrected chi connectivity index (χ1v) is 6.32. The molecule has 20 heavy (non-hydrogen) atoms. The van der Waals surface area contributed by atoms with Crippen LogP contribution in [0.3, 0.4) is 0 Å². The summed E-state index contributed by atoms with van der Waals surface area (Å²) in [5, 5.41) is 5.72. The van der Waals surface area contributed by atoms with Crippen LogP contribution in [0, 0.1) is 11.8 Å². The Hall–Kier alpha value is -1.76. The Morgan fingerprint density at radius 3 is 2.80 bits per heavy atom. The molecule has 2 aliphatic rings. The van der Waals surface area contributed by atoms with E-state index < -0.39 is 6.36 Å². The van der Waals surface area contributed by atoms with Crippen LogP contribution in [0.4, 0.5) is 18.9 Å². The number of carbonyl (C=O) groups is 1. The highest BCUT2D eigenvalue weighted by Gasteiger charge is 2.50. The van der Waals surface area contributed by atoms with E-state index in [0.29, 0.717) is 17.5 Å². The summed E-state index contributed by atoms with van der Waals surface area (Å²) in [7, 11) is 0. The summed E-state index contributed by atoms with van der Waals surface area (Å²) < 4.78 is 40.2. The molecule has 1 aromatic rings. The van der Waals surface area contributed by atoms with Gasteiger partial charge in [-0.15, -0.1) is 13.2 Å². The third kappa shape index (κ3) is 2.87. The van der Waals surface area contributed by atoms with Crippen molar-refractivity contribution in [1.82, 2.24) is 5.32 Å². The number of carbonyl (C=O) groups excluding carboxylic acids is 1. The van der Waals surface area contributed by atoms with E-state index in [0.717, 1.165) is 19.0 Å². The second-order valence-corrected chi connectivity index (χ2v) is 5.11. The maximum Gasteiger partial charge on any atom is 0.573 e. The molecule has 1 saturated carbocycles. The van der Waals surface area contributed by atoms with E-state index in [1.807, 2.05) is 0 Å². The molecule has 2 N–H and O–H groups in total. The predicted molar refractivity (Wildman–Crippen MR) is 65.1 cm³/mol. The summed E-state index contributed by atoms with van der Waals surface area (Å²) >= 11 is 0. The van der Waals surface area contributed by atoms with Gasteiger partial charge in [0.2, 0.25) is 5.91 Å². The minimum atomic E-state index is -4.74. The Morgan fingerprint density at radius 2 is 2.20 bits per heavy atom. The van der Waals surface area contributed by atoms with Crippen molar-refractivity contribution in [2.75, 3.05) is 11.9 Å². The van der Waals surface area contributed by atoms with Gasteiger partial charge in [-0.3, -0.25) is 4.79 Å². The number of fused-ring (bicyclic) bond motifs is 1. The molecule has 1 aliphatic carbocycles. The van der Waals surface area contributed by atoms with Gasteiger partial charge in [0.05, 0.1) is 6.04 Å². The highest BCUT2D eigenvalue weighted by Crippen LogP contribution is 2.45. The third-order valence-corrected chi connectivity index (χ3v) is 3.62. The number of ether oxygens (including phenoxy) is 1. The molecule has 1 heterocycles. The standard InChI is InChI=1S/C13H13F3N2O2/c14-13(15,16)20-9-3-1-2-8(5-9)18-12(19)11-10-4-7(10)6-17-11/h1-3,5,7,10-11,17H,4,6H2,(H,18,19). The van der Waals surface area contributed by atoms with Gasteiger partial charge in [0.25, 0.3) is 0 Å². The first kappa shape index (κ1) is 13.2. The molecule has 7 heteroatoms.